The number of likely N-dealkylation sites (tertiary alicyclic amines) is 1. The number of hydrogen-bond donors (Lipinski definition) is 0. The zero-order valence-corrected chi connectivity index (χ0v) is 16.5. The Morgan fingerprint density at radius 3 is 2.89 bits per heavy atom. The van der Waals surface area contributed by atoms with E-state index in [1.54, 1.807) is 0 Å². The molecule has 2 aliphatic heterocycles. The maximum atomic E-state index is 12.9. The summed E-state index contributed by atoms with van der Waals surface area (Å²) in [6.07, 6.45) is 8.88. The zero-order valence-electron chi connectivity index (χ0n) is 15.7. The van der Waals surface area contributed by atoms with Crippen molar-refractivity contribution < 1.29 is 4.79 Å². The molecule has 2 aromatic rings. The summed E-state index contributed by atoms with van der Waals surface area (Å²) < 4.78 is 2.28. The van der Waals surface area contributed by atoms with E-state index >= 15 is 0 Å². The van der Waals surface area contributed by atoms with Crippen molar-refractivity contribution in [2.75, 3.05) is 6.54 Å². The quantitative estimate of drug-likeness (QED) is 0.767. The largest absolute Gasteiger partial charge is 0.332 e. The second kappa shape index (κ2) is 8.42. The van der Waals surface area contributed by atoms with Crippen LogP contribution in [0.5, 0.6) is 0 Å². The molecule has 1 saturated heterocycles. The van der Waals surface area contributed by atoms with Gasteiger partial charge in [0.2, 0.25) is 5.91 Å². The zero-order chi connectivity index (χ0) is 18.6. The van der Waals surface area contributed by atoms with Crippen LogP contribution in [0.4, 0.5) is 0 Å². The molecule has 0 radical (unpaired) electrons. The van der Waals surface area contributed by atoms with Crippen molar-refractivity contribution in [3.05, 3.63) is 46.5 Å². The third-order valence-electron chi connectivity index (χ3n) is 5.80. The summed E-state index contributed by atoms with van der Waals surface area (Å²) in [5.41, 5.74) is 1.12. The van der Waals surface area contributed by atoms with Crippen LogP contribution >= 0.6 is 11.6 Å². The molecular weight excluding hydrogens is 360 g/mol. The molecule has 6 heteroatoms. The van der Waals surface area contributed by atoms with E-state index in [-0.39, 0.29) is 11.9 Å². The Balaban J connectivity index is 1.40. The van der Waals surface area contributed by atoms with E-state index < -0.39 is 0 Å². The fourth-order valence-electron chi connectivity index (χ4n) is 4.36. The fourth-order valence-corrected chi connectivity index (χ4v) is 4.59. The highest BCUT2D eigenvalue weighted by Crippen LogP contribution is 2.33. The minimum absolute atomic E-state index is 0.0946. The highest BCUT2D eigenvalue weighted by atomic mass is 35.5. The fraction of sp³-hybridized carbons (Fsp3) is 0.571. The maximum absolute atomic E-state index is 12.9. The van der Waals surface area contributed by atoms with E-state index in [0.29, 0.717) is 6.42 Å². The van der Waals surface area contributed by atoms with Crippen LogP contribution in [0.3, 0.4) is 0 Å². The van der Waals surface area contributed by atoms with Gasteiger partial charge in [0.25, 0.3) is 0 Å². The highest BCUT2D eigenvalue weighted by molar-refractivity contribution is 6.31. The van der Waals surface area contributed by atoms with Crippen LogP contribution < -0.4 is 0 Å². The molecule has 1 aromatic carbocycles. The van der Waals surface area contributed by atoms with Crippen LogP contribution in [0.1, 0.15) is 68.2 Å². The number of halogens is 1. The Hall–Kier alpha value is -1.88. The lowest BCUT2D eigenvalue weighted by Crippen LogP contribution is -2.32. The average Bonchev–Trinajstić information content (AvgIpc) is 3.24. The molecule has 0 saturated carbocycles. The first kappa shape index (κ1) is 18.5. The van der Waals surface area contributed by atoms with E-state index in [4.69, 9.17) is 11.6 Å². The van der Waals surface area contributed by atoms with Gasteiger partial charge < -0.3 is 9.47 Å². The monoisotopic (exact) mass is 386 g/mol. The van der Waals surface area contributed by atoms with Gasteiger partial charge in [0, 0.05) is 31.0 Å². The summed E-state index contributed by atoms with van der Waals surface area (Å²) in [5.74, 6) is 2.33. The average molecular weight is 387 g/mol. The molecule has 2 aliphatic rings. The van der Waals surface area contributed by atoms with E-state index in [2.05, 4.69) is 14.8 Å². The van der Waals surface area contributed by atoms with Crippen molar-refractivity contribution in [3.63, 3.8) is 0 Å². The van der Waals surface area contributed by atoms with Gasteiger partial charge in [-0.15, -0.1) is 10.2 Å². The van der Waals surface area contributed by atoms with Crippen molar-refractivity contribution in [2.24, 2.45) is 0 Å². The van der Waals surface area contributed by atoms with Gasteiger partial charge in [-0.2, -0.15) is 0 Å². The van der Waals surface area contributed by atoms with Crippen LogP contribution in [0.15, 0.2) is 24.3 Å². The number of benzene rings is 1. The number of rotatable bonds is 5. The summed E-state index contributed by atoms with van der Waals surface area (Å²) in [5, 5.41) is 9.71. The first-order chi connectivity index (χ1) is 13.2. The lowest BCUT2D eigenvalue weighted by Gasteiger charge is -2.25. The molecule has 3 heterocycles. The molecule has 0 aliphatic carbocycles. The van der Waals surface area contributed by atoms with Gasteiger partial charge in [-0.3, -0.25) is 4.79 Å². The Bertz CT molecular complexity index is 803. The SMILES string of the molecule is O=C(CCCc1ccccc1Cl)N1CCCC1c1nnc2n1CCCCC2. The minimum Gasteiger partial charge on any atom is -0.332 e. The number of aryl methyl sites for hydroxylation is 2. The summed E-state index contributed by atoms with van der Waals surface area (Å²) in [4.78, 5) is 14.9. The highest BCUT2D eigenvalue weighted by Gasteiger charge is 2.34. The summed E-state index contributed by atoms with van der Waals surface area (Å²) in [7, 11) is 0. The first-order valence-electron chi connectivity index (χ1n) is 10.2. The van der Waals surface area contributed by atoms with Crippen LogP contribution in [0, 0.1) is 0 Å². The number of carbonyl (C=O) groups is 1. The summed E-state index contributed by atoms with van der Waals surface area (Å²) in [6.45, 7) is 1.82. The third kappa shape index (κ3) is 4.03. The van der Waals surface area contributed by atoms with Gasteiger partial charge in [0.1, 0.15) is 5.82 Å². The molecule has 0 spiro atoms. The molecule has 27 heavy (non-hydrogen) atoms. The van der Waals surface area contributed by atoms with E-state index in [9.17, 15) is 4.79 Å². The van der Waals surface area contributed by atoms with Crippen LogP contribution in [0.25, 0.3) is 0 Å². The van der Waals surface area contributed by atoms with Crippen molar-refractivity contribution in [1.29, 1.82) is 0 Å². The summed E-state index contributed by atoms with van der Waals surface area (Å²) in [6, 6.07) is 7.98. The predicted molar refractivity (Wildman–Crippen MR) is 106 cm³/mol. The number of nitrogens with zero attached hydrogens (tertiary/aromatic N) is 4. The molecule has 1 amide bonds. The van der Waals surface area contributed by atoms with Crippen molar-refractivity contribution in [3.8, 4) is 0 Å². The molecule has 1 atom stereocenters. The maximum Gasteiger partial charge on any atom is 0.223 e. The van der Waals surface area contributed by atoms with Crippen molar-refractivity contribution in [1.82, 2.24) is 19.7 Å². The Kier molecular flexibility index (Phi) is 5.77. The lowest BCUT2D eigenvalue weighted by molar-refractivity contribution is -0.132. The van der Waals surface area contributed by atoms with E-state index in [1.807, 2.05) is 29.2 Å². The Labute approximate surface area is 165 Å². The minimum atomic E-state index is 0.0946. The second-order valence-electron chi connectivity index (χ2n) is 7.63. The van der Waals surface area contributed by atoms with E-state index in [0.717, 1.165) is 67.4 Å². The second-order valence-corrected chi connectivity index (χ2v) is 8.03. The molecule has 144 valence electrons. The van der Waals surface area contributed by atoms with Crippen LogP contribution in [-0.2, 0) is 24.2 Å². The number of carbonyl (C=O) groups excluding carboxylic acids is 1. The smallest absolute Gasteiger partial charge is 0.223 e. The molecular formula is C21H27ClN4O. The molecule has 0 bridgehead atoms. The Morgan fingerprint density at radius 2 is 2.00 bits per heavy atom. The number of aromatic nitrogens is 3. The molecule has 5 nitrogen and oxygen atoms in total. The normalized spacial score (nSPS) is 19.7. The van der Waals surface area contributed by atoms with Crippen LogP contribution in [0.2, 0.25) is 5.02 Å². The van der Waals surface area contributed by atoms with Gasteiger partial charge in [0.15, 0.2) is 5.82 Å². The number of fused-ring (bicyclic) bond motifs is 1. The molecule has 1 aromatic heterocycles. The van der Waals surface area contributed by atoms with Gasteiger partial charge in [0.05, 0.1) is 6.04 Å². The molecule has 1 unspecified atom stereocenters. The topological polar surface area (TPSA) is 51.0 Å². The Morgan fingerprint density at radius 1 is 1.11 bits per heavy atom. The van der Waals surface area contributed by atoms with Gasteiger partial charge in [-0.1, -0.05) is 36.2 Å². The van der Waals surface area contributed by atoms with Gasteiger partial charge >= 0.3 is 0 Å². The summed E-state index contributed by atoms with van der Waals surface area (Å²) >= 11 is 6.22. The van der Waals surface area contributed by atoms with E-state index in [1.165, 1.54) is 19.3 Å². The molecule has 1 fully saturated rings. The van der Waals surface area contributed by atoms with Crippen molar-refractivity contribution >= 4 is 17.5 Å². The molecule has 4 rings (SSSR count). The predicted octanol–water partition coefficient (Wildman–Crippen LogP) is 4.34. The van der Waals surface area contributed by atoms with Gasteiger partial charge in [-0.25, -0.2) is 0 Å². The van der Waals surface area contributed by atoms with Crippen LogP contribution in [-0.4, -0.2) is 32.1 Å². The standard InChI is InChI=1S/C21H27ClN4O/c22-17-10-4-3-8-16(17)9-6-13-20(27)25-15-7-11-18(25)21-24-23-19-12-2-1-5-14-26(19)21/h3-4,8,10,18H,1-2,5-7,9,11-15H2. The first-order valence-corrected chi connectivity index (χ1v) is 10.6. The number of amides is 1. The third-order valence-corrected chi connectivity index (χ3v) is 6.17. The lowest BCUT2D eigenvalue weighted by atomic mass is 10.1. The molecule has 0 N–H and O–H groups in total. The number of hydrogen-bond acceptors (Lipinski definition) is 3. The van der Waals surface area contributed by atoms with Gasteiger partial charge in [-0.05, 0) is 50.2 Å². The van der Waals surface area contributed by atoms with Crippen molar-refractivity contribution in [2.45, 2.75) is 70.4 Å².